The number of rotatable bonds is 7. The topological polar surface area (TPSA) is 53.6 Å². The largest absolute Gasteiger partial charge is 0.495 e. The maximum atomic E-state index is 12.0. The number of nitrogens with one attached hydrogen (secondary N) is 2. The minimum Gasteiger partial charge on any atom is -0.495 e. The van der Waals surface area contributed by atoms with Crippen LogP contribution in [0.25, 0.3) is 0 Å². The van der Waals surface area contributed by atoms with Crippen molar-refractivity contribution in [3.05, 3.63) is 24.3 Å². The maximum Gasteiger partial charge on any atom is 0.401 e. The summed E-state index contributed by atoms with van der Waals surface area (Å²) in [5.41, 5.74) is 1.01. The zero-order chi connectivity index (χ0) is 17.6. The number of carbonyl (C=O) groups excluding carboxylic acids is 1. The quantitative estimate of drug-likeness (QED) is 0.791. The fraction of sp³-hybridized carbons (Fsp3) is 0.562. The van der Waals surface area contributed by atoms with Crippen molar-refractivity contribution in [1.29, 1.82) is 0 Å². The van der Waals surface area contributed by atoms with Crippen LogP contribution in [0.5, 0.6) is 5.75 Å². The Morgan fingerprint density at radius 1 is 1.38 bits per heavy atom. The number of carbonyl (C=O) groups is 1. The van der Waals surface area contributed by atoms with Gasteiger partial charge in [-0.3, -0.25) is 4.79 Å². The van der Waals surface area contributed by atoms with Crippen molar-refractivity contribution >= 4 is 11.6 Å². The molecule has 2 rings (SSSR count). The SMILES string of the molecule is COc1ccccc1N1CC[C@H](CNC(=O)CNCC(F)(F)F)C1. The first-order valence-corrected chi connectivity index (χ1v) is 7.81. The number of hydrogen-bond donors (Lipinski definition) is 2. The van der Waals surface area contributed by atoms with Crippen LogP contribution >= 0.6 is 0 Å². The number of hydrogen-bond acceptors (Lipinski definition) is 4. The van der Waals surface area contributed by atoms with E-state index in [1.54, 1.807) is 7.11 Å². The van der Waals surface area contributed by atoms with Gasteiger partial charge in [0.15, 0.2) is 0 Å². The summed E-state index contributed by atoms with van der Waals surface area (Å²) < 4.78 is 41.3. The summed E-state index contributed by atoms with van der Waals surface area (Å²) in [6, 6.07) is 7.74. The van der Waals surface area contributed by atoms with Gasteiger partial charge in [-0.2, -0.15) is 13.2 Å². The Hall–Kier alpha value is -1.96. The van der Waals surface area contributed by atoms with E-state index in [2.05, 4.69) is 15.5 Å². The molecule has 0 unspecified atom stereocenters. The molecule has 1 amide bonds. The van der Waals surface area contributed by atoms with Gasteiger partial charge in [0.1, 0.15) is 5.75 Å². The van der Waals surface area contributed by atoms with E-state index in [-0.39, 0.29) is 12.5 Å². The number of amides is 1. The van der Waals surface area contributed by atoms with E-state index >= 15 is 0 Å². The number of para-hydroxylation sites is 2. The van der Waals surface area contributed by atoms with Gasteiger partial charge in [0, 0.05) is 19.6 Å². The number of benzene rings is 1. The van der Waals surface area contributed by atoms with Crippen molar-refractivity contribution in [3.8, 4) is 5.75 Å². The monoisotopic (exact) mass is 345 g/mol. The summed E-state index contributed by atoms with van der Waals surface area (Å²) >= 11 is 0. The molecule has 1 aliphatic rings. The highest BCUT2D eigenvalue weighted by atomic mass is 19.4. The molecular weight excluding hydrogens is 323 g/mol. The van der Waals surface area contributed by atoms with Gasteiger partial charge in [-0.15, -0.1) is 0 Å². The van der Waals surface area contributed by atoms with Gasteiger partial charge in [-0.05, 0) is 24.5 Å². The molecule has 1 fully saturated rings. The lowest BCUT2D eigenvalue weighted by molar-refractivity contribution is -0.128. The summed E-state index contributed by atoms with van der Waals surface area (Å²) in [5, 5.41) is 4.77. The fourth-order valence-electron chi connectivity index (χ4n) is 2.75. The third-order valence-corrected chi connectivity index (χ3v) is 3.91. The van der Waals surface area contributed by atoms with Gasteiger partial charge < -0.3 is 20.3 Å². The van der Waals surface area contributed by atoms with E-state index in [1.807, 2.05) is 24.3 Å². The van der Waals surface area contributed by atoms with Crippen LogP contribution in [0.3, 0.4) is 0 Å². The van der Waals surface area contributed by atoms with Crippen LogP contribution in [0.4, 0.5) is 18.9 Å². The second-order valence-electron chi connectivity index (χ2n) is 5.80. The highest BCUT2D eigenvalue weighted by Gasteiger charge is 2.27. The van der Waals surface area contributed by atoms with Crippen molar-refractivity contribution in [2.45, 2.75) is 12.6 Å². The molecule has 1 aromatic rings. The van der Waals surface area contributed by atoms with Crippen molar-refractivity contribution < 1.29 is 22.7 Å². The van der Waals surface area contributed by atoms with Gasteiger partial charge in [-0.25, -0.2) is 0 Å². The van der Waals surface area contributed by atoms with Crippen LogP contribution in [0.15, 0.2) is 24.3 Å². The van der Waals surface area contributed by atoms with Gasteiger partial charge in [0.05, 0.1) is 25.9 Å². The third-order valence-electron chi connectivity index (χ3n) is 3.91. The van der Waals surface area contributed by atoms with Crippen LogP contribution in [-0.2, 0) is 4.79 Å². The summed E-state index contributed by atoms with van der Waals surface area (Å²) in [7, 11) is 1.63. The molecule has 1 saturated heterocycles. The number of methoxy groups -OCH3 is 1. The molecule has 8 heteroatoms. The number of alkyl halides is 3. The Labute approximate surface area is 139 Å². The Morgan fingerprint density at radius 2 is 2.12 bits per heavy atom. The van der Waals surface area contributed by atoms with Gasteiger partial charge in [-0.1, -0.05) is 12.1 Å². The molecule has 0 aromatic heterocycles. The highest BCUT2D eigenvalue weighted by molar-refractivity contribution is 5.78. The van der Waals surface area contributed by atoms with E-state index in [9.17, 15) is 18.0 Å². The first kappa shape index (κ1) is 18.4. The molecule has 0 spiro atoms. The van der Waals surface area contributed by atoms with E-state index in [0.717, 1.165) is 30.9 Å². The molecule has 134 valence electrons. The fourth-order valence-corrected chi connectivity index (χ4v) is 2.75. The minimum atomic E-state index is -4.30. The molecule has 1 aromatic carbocycles. The minimum absolute atomic E-state index is 0.265. The lowest BCUT2D eigenvalue weighted by Gasteiger charge is -2.21. The highest BCUT2D eigenvalue weighted by Crippen LogP contribution is 2.31. The summed E-state index contributed by atoms with van der Waals surface area (Å²) in [6.45, 7) is 0.593. The second-order valence-corrected chi connectivity index (χ2v) is 5.80. The van der Waals surface area contributed by atoms with Crippen molar-refractivity contribution in [2.24, 2.45) is 5.92 Å². The van der Waals surface area contributed by atoms with E-state index in [4.69, 9.17) is 4.74 Å². The van der Waals surface area contributed by atoms with Gasteiger partial charge in [0.25, 0.3) is 0 Å². The Bertz CT molecular complexity index is 552. The molecule has 2 N–H and O–H groups in total. The standard InChI is InChI=1S/C16H22F3N3O2/c1-24-14-5-3-2-4-13(14)22-7-6-12(10-22)8-21-15(23)9-20-11-16(17,18)19/h2-5,12,20H,6-11H2,1H3,(H,21,23)/t12-/m1/s1. The zero-order valence-electron chi connectivity index (χ0n) is 13.5. The Morgan fingerprint density at radius 3 is 2.83 bits per heavy atom. The number of nitrogens with zero attached hydrogens (tertiary/aromatic N) is 1. The Kier molecular flexibility index (Phi) is 6.30. The van der Waals surface area contributed by atoms with E-state index in [0.29, 0.717) is 6.54 Å². The lowest BCUT2D eigenvalue weighted by Crippen LogP contribution is -2.40. The number of ether oxygens (including phenoxy) is 1. The Balaban J connectivity index is 1.73. The number of anilines is 1. The molecule has 1 atom stereocenters. The normalized spacial score (nSPS) is 17.8. The van der Waals surface area contributed by atoms with Crippen molar-refractivity contribution in [1.82, 2.24) is 10.6 Å². The predicted molar refractivity (Wildman–Crippen MR) is 85.2 cm³/mol. The van der Waals surface area contributed by atoms with Crippen molar-refractivity contribution in [3.63, 3.8) is 0 Å². The molecule has 1 heterocycles. The van der Waals surface area contributed by atoms with Crippen LogP contribution in [0.2, 0.25) is 0 Å². The van der Waals surface area contributed by atoms with Crippen LogP contribution in [-0.4, -0.2) is 51.9 Å². The number of halogens is 3. The summed E-state index contributed by atoms with van der Waals surface area (Å²) in [4.78, 5) is 13.8. The second kappa shape index (κ2) is 8.23. The lowest BCUT2D eigenvalue weighted by atomic mass is 10.1. The van der Waals surface area contributed by atoms with E-state index < -0.39 is 18.6 Å². The van der Waals surface area contributed by atoms with E-state index in [1.165, 1.54) is 0 Å². The summed E-state index contributed by atoms with van der Waals surface area (Å²) in [5.74, 6) is 0.648. The first-order valence-electron chi connectivity index (χ1n) is 7.81. The van der Waals surface area contributed by atoms with Gasteiger partial charge in [0.2, 0.25) is 5.91 Å². The van der Waals surface area contributed by atoms with Crippen LogP contribution in [0.1, 0.15) is 6.42 Å². The average molecular weight is 345 g/mol. The zero-order valence-corrected chi connectivity index (χ0v) is 13.5. The predicted octanol–water partition coefficient (Wildman–Crippen LogP) is 1.79. The molecule has 24 heavy (non-hydrogen) atoms. The average Bonchev–Trinajstić information content (AvgIpc) is 3.00. The molecule has 0 radical (unpaired) electrons. The molecule has 0 aliphatic carbocycles. The molecule has 5 nitrogen and oxygen atoms in total. The molecule has 0 saturated carbocycles. The maximum absolute atomic E-state index is 12.0. The first-order chi connectivity index (χ1) is 11.4. The summed E-state index contributed by atoms with van der Waals surface area (Å²) in [6.07, 6.45) is -3.39. The van der Waals surface area contributed by atoms with Crippen LogP contribution in [0, 0.1) is 5.92 Å². The third kappa shape index (κ3) is 5.59. The molecule has 0 bridgehead atoms. The molecular formula is C16H22F3N3O2. The molecule has 1 aliphatic heterocycles. The van der Waals surface area contributed by atoms with Crippen molar-refractivity contribution in [2.75, 3.05) is 44.7 Å². The van der Waals surface area contributed by atoms with Crippen LogP contribution < -0.4 is 20.3 Å². The van der Waals surface area contributed by atoms with Gasteiger partial charge >= 0.3 is 6.18 Å². The smallest absolute Gasteiger partial charge is 0.401 e.